The number of aromatic amines is 1. The number of H-pyrrole nitrogens is 1. The monoisotopic (exact) mass is 449 g/mol. The number of halogens is 3. The molecule has 3 amide bonds. The van der Waals surface area contributed by atoms with Crippen LogP contribution in [-0.2, 0) is 11.3 Å². The van der Waals surface area contributed by atoms with Gasteiger partial charge in [0.2, 0.25) is 0 Å². The maximum atomic E-state index is 13.0. The van der Waals surface area contributed by atoms with Gasteiger partial charge in [-0.25, -0.2) is 14.8 Å². The van der Waals surface area contributed by atoms with Crippen molar-refractivity contribution in [3.05, 3.63) is 48.3 Å². The van der Waals surface area contributed by atoms with Gasteiger partial charge in [0.1, 0.15) is 6.04 Å². The molecule has 1 aliphatic heterocycles. The summed E-state index contributed by atoms with van der Waals surface area (Å²) in [6.07, 6.45) is 3.09. The maximum Gasteiger partial charge on any atom is 0.446 e. The van der Waals surface area contributed by atoms with E-state index in [1.165, 1.54) is 29.2 Å². The molecule has 1 unspecified atom stereocenters. The molecule has 1 atom stereocenters. The van der Waals surface area contributed by atoms with Crippen molar-refractivity contribution in [1.82, 2.24) is 30.5 Å². The average Bonchev–Trinajstić information content (AvgIpc) is 3.32. The second-order valence-corrected chi connectivity index (χ2v) is 7.72. The molecule has 9 nitrogen and oxygen atoms in total. The van der Waals surface area contributed by atoms with Crippen molar-refractivity contribution in [1.29, 1.82) is 0 Å². The van der Waals surface area contributed by atoms with E-state index < -0.39 is 23.5 Å². The van der Waals surface area contributed by atoms with E-state index in [1.807, 2.05) is 0 Å². The summed E-state index contributed by atoms with van der Waals surface area (Å²) in [5.74, 6) is -0.110. The van der Waals surface area contributed by atoms with Gasteiger partial charge in [-0.3, -0.25) is 9.78 Å². The fourth-order valence-electron chi connectivity index (χ4n) is 3.18. The molecule has 13 heteroatoms. The van der Waals surface area contributed by atoms with Crippen LogP contribution in [0.2, 0.25) is 0 Å². The number of hydrogen-bond donors (Lipinski definition) is 1. The number of imide groups is 1. The van der Waals surface area contributed by atoms with Gasteiger partial charge in [0.05, 0.1) is 5.69 Å². The molecule has 1 aromatic carbocycles. The summed E-state index contributed by atoms with van der Waals surface area (Å²) in [6.45, 7) is 1.67. The molecule has 160 valence electrons. The maximum absolute atomic E-state index is 13.0. The number of hydrogen-bond acceptors (Lipinski definition) is 7. The molecule has 3 heterocycles. The molecule has 1 fully saturated rings. The van der Waals surface area contributed by atoms with Crippen molar-refractivity contribution in [3.63, 3.8) is 0 Å². The summed E-state index contributed by atoms with van der Waals surface area (Å²) in [7, 11) is 0. The van der Waals surface area contributed by atoms with Gasteiger partial charge in [-0.05, 0) is 65.0 Å². The van der Waals surface area contributed by atoms with Gasteiger partial charge in [-0.15, -0.1) is 5.10 Å². The zero-order chi connectivity index (χ0) is 22.2. The smallest absolute Gasteiger partial charge is 0.308 e. The topological polar surface area (TPSA) is 108 Å². The van der Waals surface area contributed by atoms with E-state index in [1.54, 1.807) is 25.4 Å². The lowest BCUT2D eigenvalue weighted by Crippen LogP contribution is -2.33. The second kappa shape index (κ2) is 7.98. The lowest BCUT2D eigenvalue weighted by molar-refractivity contribution is -0.119. The highest BCUT2D eigenvalue weighted by Crippen LogP contribution is 2.38. The average molecular weight is 449 g/mol. The van der Waals surface area contributed by atoms with Gasteiger partial charge >= 0.3 is 11.5 Å². The van der Waals surface area contributed by atoms with Crippen LogP contribution in [0.1, 0.15) is 12.5 Å². The van der Waals surface area contributed by atoms with Crippen LogP contribution in [-0.4, -0.2) is 54.0 Å². The van der Waals surface area contributed by atoms with Gasteiger partial charge in [0, 0.05) is 29.4 Å². The summed E-state index contributed by atoms with van der Waals surface area (Å²) < 4.78 is 37.6. The van der Waals surface area contributed by atoms with Crippen LogP contribution in [0.5, 0.6) is 0 Å². The third-order valence-electron chi connectivity index (χ3n) is 4.66. The minimum Gasteiger partial charge on any atom is -0.308 e. The molecular formula is C18H14F3N7O2S. The highest BCUT2D eigenvalue weighted by molar-refractivity contribution is 8.00. The highest BCUT2D eigenvalue weighted by Gasteiger charge is 2.43. The number of carbonyl (C=O) groups excluding carboxylic acids is 2. The number of pyridine rings is 1. The van der Waals surface area contributed by atoms with Gasteiger partial charge in [-0.2, -0.15) is 13.2 Å². The first kappa shape index (κ1) is 20.8. The number of nitrogens with one attached hydrogen (secondary N) is 1. The van der Waals surface area contributed by atoms with E-state index in [2.05, 4.69) is 25.6 Å². The van der Waals surface area contributed by atoms with Gasteiger partial charge < -0.3 is 4.90 Å². The Bertz CT molecular complexity index is 1110. The Kier molecular flexibility index (Phi) is 5.35. The van der Waals surface area contributed by atoms with Crippen molar-refractivity contribution in [3.8, 4) is 11.4 Å². The molecule has 31 heavy (non-hydrogen) atoms. The summed E-state index contributed by atoms with van der Waals surface area (Å²) in [4.78, 5) is 32.1. The summed E-state index contributed by atoms with van der Waals surface area (Å²) >= 11 is -0.267. The number of urea groups is 1. The molecule has 0 saturated carbocycles. The Morgan fingerprint density at radius 2 is 1.90 bits per heavy atom. The molecule has 2 aromatic heterocycles. The number of benzene rings is 1. The van der Waals surface area contributed by atoms with Gasteiger partial charge in [-0.1, -0.05) is 0 Å². The summed E-state index contributed by atoms with van der Waals surface area (Å²) in [5, 5.41) is 13.5. The Balaban J connectivity index is 1.58. The molecule has 3 aromatic rings. The quantitative estimate of drug-likeness (QED) is 0.471. The van der Waals surface area contributed by atoms with E-state index in [-0.39, 0.29) is 28.9 Å². The second-order valence-electron chi connectivity index (χ2n) is 6.58. The van der Waals surface area contributed by atoms with Crippen LogP contribution in [0, 0.1) is 0 Å². The molecule has 1 aliphatic rings. The third-order valence-corrected chi connectivity index (χ3v) is 5.40. The Hall–Kier alpha value is -3.48. The number of thioether (sulfide) groups is 1. The van der Waals surface area contributed by atoms with Crippen molar-refractivity contribution < 1.29 is 22.8 Å². The first-order chi connectivity index (χ1) is 14.7. The summed E-state index contributed by atoms with van der Waals surface area (Å²) in [6, 6.07) is 5.42. The number of rotatable bonds is 5. The van der Waals surface area contributed by atoms with E-state index in [0.29, 0.717) is 17.0 Å². The van der Waals surface area contributed by atoms with Crippen molar-refractivity contribution >= 4 is 29.4 Å². The molecule has 1 saturated heterocycles. The van der Waals surface area contributed by atoms with E-state index in [4.69, 9.17) is 0 Å². The van der Waals surface area contributed by atoms with Crippen LogP contribution in [0.15, 0.2) is 47.6 Å². The standard InChI is InChI=1S/C18H14F3N7O2S/c1-10-16(29)28(12-2-4-13(5-3-12)31-18(19,20)21)17(30)27(10)9-11-6-7-22-8-14(11)15-23-25-26-24-15/h2-8,10H,9H2,1H3,(H,23,24,25,26). The van der Waals surface area contributed by atoms with E-state index in [9.17, 15) is 22.8 Å². The van der Waals surface area contributed by atoms with Gasteiger partial charge in [0.15, 0.2) is 5.82 Å². The zero-order valence-electron chi connectivity index (χ0n) is 15.9. The Labute approximate surface area is 177 Å². The number of tetrazole rings is 1. The van der Waals surface area contributed by atoms with Crippen LogP contribution < -0.4 is 4.90 Å². The Morgan fingerprint density at radius 1 is 1.16 bits per heavy atom. The number of nitrogens with zero attached hydrogens (tertiary/aromatic N) is 6. The number of anilines is 1. The van der Waals surface area contributed by atoms with Crippen LogP contribution in [0.4, 0.5) is 23.7 Å². The Morgan fingerprint density at radius 3 is 2.55 bits per heavy atom. The molecule has 0 aliphatic carbocycles. The number of alkyl halides is 3. The first-order valence-corrected chi connectivity index (χ1v) is 9.73. The van der Waals surface area contributed by atoms with Crippen molar-refractivity contribution in [2.75, 3.05) is 4.90 Å². The fourth-order valence-corrected chi connectivity index (χ4v) is 3.72. The van der Waals surface area contributed by atoms with E-state index >= 15 is 0 Å². The lowest BCUT2D eigenvalue weighted by atomic mass is 10.1. The molecule has 0 spiro atoms. The molecule has 0 radical (unpaired) electrons. The van der Waals surface area contributed by atoms with Crippen molar-refractivity contribution in [2.45, 2.75) is 29.9 Å². The normalized spacial score (nSPS) is 17.0. The predicted octanol–water partition coefficient (Wildman–Crippen LogP) is 3.23. The van der Waals surface area contributed by atoms with Gasteiger partial charge in [0.25, 0.3) is 5.91 Å². The molecule has 1 N–H and O–H groups in total. The predicted molar refractivity (Wildman–Crippen MR) is 104 cm³/mol. The number of aromatic nitrogens is 5. The lowest BCUT2D eigenvalue weighted by Gasteiger charge is -2.20. The number of amides is 3. The minimum atomic E-state index is -4.42. The highest BCUT2D eigenvalue weighted by atomic mass is 32.2. The molecule has 0 bridgehead atoms. The first-order valence-electron chi connectivity index (χ1n) is 8.92. The van der Waals surface area contributed by atoms with Crippen LogP contribution in [0.3, 0.4) is 0 Å². The van der Waals surface area contributed by atoms with Crippen LogP contribution in [0.25, 0.3) is 11.4 Å². The minimum absolute atomic E-state index is 0.0395. The van der Waals surface area contributed by atoms with E-state index in [0.717, 1.165) is 4.90 Å². The molecular weight excluding hydrogens is 435 g/mol. The fraction of sp³-hybridized carbons (Fsp3) is 0.222. The zero-order valence-corrected chi connectivity index (χ0v) is 16.7. The largest absolute Gasteiger partial charge is 0.446 e. The summed E-state index contributed by atoms with van der Waals surface area (Å²) in [5.41, 5.74) is -2.98. The van der Waals surface area contributed by atoms with Crippen LogP contribution >= 0.6 is 11.8 Å². The SMILES string of the molecule is CC1C(=O)N(c2ccc(SC(F)(F)F)cc2)C(=O)N1Cc1ccncc1-c1nnn[nH]1. The third kappa shape index (κ3) is 4.21. The van der Waals surface area contributed by atoms with Crippen molar-refractivity contribution in [2.24, 2.45) is 0 Å². The number of carbonyl (C=O) groups is 2. The molecule has 4 rings (SSSR count).